The highest BCUT2D eigenvalue weighted by atomic mass is 16.2. The summed E-state index contributed by atoms with van der Waals surface area (Å²) < 4.78 is 0. The lowest BCUT2D eigenvalue weighted by Crippen LogP contribution is -2.57. The Morgan fingerprint density at radius 2 is 2.29 bits per heavy atom. The minimum absolute atomic E-state index is 0.263. The molecular weight excluding hydrogens is 214 g/mol. The molecule has 1 fully saturated rings. The summed E-state index contributed by atoms with van der Waals surface area (Å²) in [6.07, 6.45) is 2.42. The van der Waals surface area contributed by atoms with Gasteiger partial charge >= 0.3 is 0 Å². The van der Waals surface area contributed by atoms with Crippen molar-refractivity contribution in [2.45, 2.75) is 26.3 Å². The number of carbonyl (C=O) groups is 1. The Morgan fingerprint density at radius 3 is 2.88 bits per heavy atom. The van der Waals surface area contributed by atoms with Crippen molar-refractivity contribution >= 4 is 11.7 Å². The van der Waals surface area contributed by atoms with Crippen LogP contribution in [0.4, 0.5) is 5.82 Å². The molecule has 1 aromatic heterocycles. The van der Waals surface area contributed by atoms with Gasteiger partial charge in [0.2, 0.25) is 5.91 Å². The van der Waals surface area contributed by atoms with Gasteiger partial charge in [-0.1, -0.05) is 19.9 Å². The molecule has 0 unspecified atom stereocenters. The zero-order chi connectivity index (χ0) is 12.3. The molecule has 1 aliphatic rings. The average molecular weight is 233 g/mol. The molecule has 2 heterocycles. The second-order valence-electron chi connectivity index (χ2n) is 4.95. The van der Waals surface area contributed by atoms with Gasteiger partial charge in [0.1, 0.15) is 5.82 Å². The number of pyridine rings is 1. The number of nitrogens with one attached hydrogen (secondary N) is 1. The van der Waals surface area contributed by atoms with Crippen molar-refractivity contribution in [2.75, 3.05) is 18.4 Å². The smallest absolute Gasteiger partial charge is 0.222 e. The molecule has 2 rings (SSSR count). The van der Waals surface area contributed by atoms with E-state index in [0.717, 1.165) is 18.9 Å². The number of anilines is 1. The number of carbonyl (C=O) groups excluding carboxylic acids is 1. The summed E-state index contributed by atoms with van der Waals surface area (Å²) in [5, 5.41) is 3.31. The molecule has 0 saturated carbocycles. The van der Waals surface area contributed by atoms with Crippen molar-refractivity contribution in [3.63, 3.8) is 0 Å². The van der Waals surface area contributed by atoms with E-state index < -0.39 is 0 Å². The standard InChI is InChI=1S/C13H19N3O/c1-10(2)7-13(17)16-8-11(9-16)15-12-5-3-4-6-14-12/h3-6,10-11H,7-9H2,1-2H3,(H,14,15). The number of amides is 1. The van der Waals surface area contributed by atoms with Crippen LogP contribution in [0.1, 0.15) is 20.3 Å². The van der Waals surface area contributed by atoms with E-state index in [1.165, 1.54) is 0 Å². The minimum Gasteiger partial charge on any atom is -0.364 e. The molecule has 92 valence electrons. The quantitative estimate of drug-likeness (QED) is 0.861. The zero-order valence-electron chi connectivity index (χ0n) is 10.4. The van der Waals surface area contributed by atoms with Crippen molar-refractivity contribution < 1.29 is 4.79 Å². The Kier molecular flexibility index (Phi) is 3.61. The van der Waals surface area contributed by atoms with Crippen LogP contribution < -0.4 is 5.32 Å². The first-order chi connectivity index (χ1) is 8.15. The molecule has 0 spiro atoms. The van der Waals surface area contributed by atoms with Gasteiger partial charge in [0.05, 0.1) is 6.04 Å². The van der Waals surface area contributed by atoms with E-state index in [1.54, 1.807) is 6.20 Å². The van der Waals surface area contributed by atoms with E-state index in [1.807, 2.05) is 23.1 Å². The SMILES string of the molecule is CC(C)CC(=O)N1CC(Nc2ccccn2)C1. The highest BCUT2D eigenvalue weighted by Crippen LogP contribution is 2.15. The van der Waals surface area contributed by atoms with Gasteiger partial charge in [0.15, 0.2) is 0 Å². The maximum absolute atomic E-state index is 11.7. The molecule has 0 aliphatic carbocycles. The number of hydrogen-bond donors (Lipinski definition) is 1. The number of nitrogens with zero attached hydrogens (tertiary/aromatic N) is 2. The third-order valence-corrected chi connectivity index (χ3v) is 2.83. The number of aromatic nitrogens is 1. The van der Waals surface area contributed by atoms with Gasteiger partial charge in [-0.3, -0.25) is 4.79 Å². The van der Waals surface area contributed by atoms with E-state index in [4.69, 9.17) is 0 Å². The fourth-order valence-corrected chi connectivity index (χ4v) is 1.91. The highest BCUT2D eigenvalue weighted by Gasteiger charge is 2.30. The normalized spacial score (nSPS) is 15.8. The highest BCUT2D eigenvalue weighted by molar-refractivity contribution is 5.77. The van der Waals surface area contributed by atoms with Crippen molar-refractivity contribution in [1.82, 2.24) is 9.88 Å². The molecule has 1 amide bonds. The van der Waals surface area contributed by atoms with Crippen LogP contribution in [0.2, 0.25) is 0 Å². The van der Waals surface area contributed by atoms with E-state index >= 15 is 0 Å². The zero-order valence-corrected chi connectivity index (χ0v) is 10.4. The lowest BCUT2D eigenvalue weighted by atomic mass is 10.0. The van der Waals surface area contributed by atoms with E-state index in [2.05, 4.69) is 24.1 Å². The summed E-state index contributed by atoms with van der Waals surface area (Å²) in [5.41, 5.74) is 0. The average Bonchev–Trinajstić information content (AvgIpc) is 2.23. The Labute approximate surface area is 102 Å². The van der Waals surface area contributed by atoms with Crippen LogP contribution >= 0.6 is 0 Å². The van der Waals surface area contributed by atoms with Crippen LogP contribution in [0.25, 0.3) is 0 Å². The van der Waals surface area contributed by atoms with Gasteiger partial charge in [-0.15, -0.1) is 0 Å². The van der Waals surface area contributed by atoms with E-state index in [9.17, 15) is 4.79 Å². The van der Waals surface area contributed by atoms with Crippen molar-refractivity contribution in [2.24, 2.45) is 5.92 Å². The third kappa shape index (κ3) is 3.19. The third-order valence-electron chi connectivity index (χ3n) is 2.83. The molecule has 4 nitrogen and oxygen atoms in total. The first kappa shape index (κ1) is 11.9. The van der Waals surface area contributed by atoms with Crippen LogP contribution in [-0.2, 0) is 4.79 Å². The van der Waals surface area contributed by atoms with E-state index in [0.29, 0.717) is 18.4 Å². The molecule has 0 radical (unpaired) electrons. The molecule has 17 heavy (non-hydrogen) atoms. The lowest BCUT2D eigenvalue weighted by Gasteiger charge is -2.40. The molecule has 1 aromatic rings. The molecule has 1 aliphatic heterocycles. The van der Waals surface area contributed by atoms with Gasteiger partial charge in [-0.05, 0) is 18.1 Å². The molecule has 4 heteroatoms. The fraction of sp³-hybridized carbons (Fsp3) is 0.538. The minimum atomic E-state index is 0.263. The van der Waals surface area contributed by atoms with Gasteiger partial charge in [-0.2, -0.15) is 0 Å². The van der Waals surface area contributed by atoms with Gasteiger partial charge in [0.25, 0.3) is 0 Å². The molecule has 0 aromatic carbocycles. The molecule has 0 atom stereocenters. The van der Waals surface area contributed by atoms with Crippen molar-refractivity contribution in [1.29, 1.82) is 0 Å². The maximum atomic E-state index is 11.7. The maximum Gasteiger partial charge on any atom is 0.222 e. The predicted octanol–water partition coefficient (Wildman–Crippen LogP) is 1.75. The van der Waals surface area contributed by atoms with Gasteiger partial charge < -0.3 is 10.2 Å². The lowest BCUT2D eigenvalue weighted by molar-refractivity contribution is -0.135. The summed E-state index contributed by atoms with van der Waals surface area (Å²) in [6, 6.07) is 6.14. The summed E-state index contributed by atoms with van der Waals surface area (Å²) >= 11 is 0. The van der Waals surface area contributed by atoms with Crippen LogP contribution in [0.15, 0.2) is 24.4 Å². The first-order valence-corrected chi connectivity index (χ1v) is 6.10. The monoisotopic (exact) mass is 233 g/mol. The van der Waals surface area contributed by atoms with Crippen molar-refractivity contribution in [3.8, 4) is 0 Å². The number of hydrogen-bond acceptors (Lipinski definition) is 3. The van der Waals surface area contributed by atoms with Crippen LogP contribution in [0, 0.1) is 5.92 Å². The summed E-state index contributed by atoms with van der Waals surface area (Å²) in [4.78, 5) is 17.8. The van der Waals surface area contributed by atoms with Crippen LogP contribution in [0.3, 0.4) is 0 Å². The summed E-state index contributed by atoms with van der Waals surface area (Å²) in [7, 11) is 0. The Balaban J connectivity index is 1.74. The Bertz CT molecular complexity index is 372. The van der Waals surface area contributed by atoms with Gasteiger partial charge in [0, 0.05) is 25.7 Å². The summed E-state index contributed by atoms with van der Waals surface area (Å²) in [6.45, 7) is 5.73. The molecule has 0 bridgehead atoms. The molecular formula is C13H19N3O. The topological polar surface area (TPSA) is 45.2 Å². The fourth-order valence-electron chi connectivity index (χ4n) is 1.91. The van der Waals surface area contributed by atoms with E-state index in [-0.39, 0.29) is 5.91 Å². The Hall–Kier alpha value is -1.58. The summed E-state index contributed by atoms with van der Waals surface area (Å²) in [5.74, 6) is 1.58. The van der Waals surface area contributed by atoms with Crippen molar-refractivity contribution in [3.05, 3.63) is 24.4 Å². The molecule has 1 N–H and O–H groups in total. The van der Waals surface area contributed by atoms with Crippen LogP contribution in [0.5, 0.6) is 0 Å². The first-order valence-electron chi connectivity index (χ1n) is 6.10. The second kappa shape index (κ2) is 5.17. The number of rotatable bonds is 4. The largest absolute Gasteiger partial charge is 0.364 e. The second-order valence-corrected chi connectivity index (χ2v) is 4.95. The predicted molar refractivity (Wildman–Crippen MR) is 67.7 cm³/mol. The van der Waals surface area contributed by atoms with Crippen LogP contribution in [-0.4, -0.2) is 34.9 Å². The van der Waals surface area contributed by atoms with Gasteiger partial charge in [-0.25, -0.2) is 4.98 Å². The molecule has 1 saturated heterocycles. The Morgan fingerprint density at radius 1 is 1.53 bits per heavy atom. The number of likely N-dealkylation sites (tertiary alicyclic amines) is 1.